The van der Waals surface area contributed by atoms with Gasteiger partial charge in [-0.25, -0.2) is 4.98 Å². The molecule has 6 heteroatoms. The predicted molar refractivity (Wildman–Crippen MR) is 113 cm³/mol. The molecule has 0 aliphatic carbocycles. The van der Waals surface area contributed by atoms with Gasteiger partial charge in [0.15, 0.2) is 0 Å². The number of aryl methyl sites for hydroxylation is 1. The van der Waals surface area contributed by atoms with Crippen molar-refractivity contribution < 1.29 is 14.1 Å². The zero-order chi connectivity index (χ0) is 20.5. The second kappa shape index (κ2) is 7.63. The summed E-state index contributed by atoms with van der Waals surface area (Å²) in [6.07, 6.45) is 0.879. The van der Waals surface area contributed by atoms with Crippen LogP contribution >= 0.6 is 0 Å². The Bertz CT molecular complexity index is 1220. The standard InChI is InChI=1S/C24H21N3O3/c1-15-22-19(12-20(26-24(22)30-27-15)17-7-3-2-4-8-17)23(28)25-13-16-11-18-9-5-6-10-21(18)29-14-16/h2-10,12,16H,11,13-14H2,1H3,(H,25,28). The second-order valence-electron chi connectivity index (χ2n) is 7.57. The van der Waals surface area contributed by atoms with E-state index in [1.807, 2.05) is 61.5 Å². The van der Waals surface area contributed by atoms with E-state index in [1.54, 1.807) is 0 Å². The lowest BCUT2D eigenvalue weighted by Crippen LogP contribution is -2.35. The normalized spacial score (nSPS) is 15.4. The average molecular weight is 399 g/mol. The maximum atomic E-state index is 13.1. The lowest BCUT2D eigenvalue weighted by molar-refractivity contribution is 0.0940. The van der Waals surface area contributed by atoms with Gasteiger partial charge in [0.25, 0.3) is 11.6 Å². The van der Waals surface area contributed by atoms with Crippen molar-refractivity contribution >= 4 is 17.0 Å². The Morgan fingerprint density at radius 3 is 2.80 bits per heavy atom. The molecule has 0 spiro atoms. The van der Waals surface area contributed by atoms with Crippen LogP contribution in [-0.2, 0) is 6.42 Å². The summed E-state index contributed by atoms with van der Waals surface area (Å²) in [4.78, 5) is 17.7. The van der Waals surface area contributed by atoms with Crippen molar-refractivity contribution in [2.24, 2.45) is 5.92 Å². The van der Waals surface area contributed by atoms with Crippen molar-refractivity contribution in [1.29, 1.82) is 0 Å². The molecule has 5 rings (SSSR count). The van der Waals surface area contributed by atoms with Crippen LogP contribution in [0.3, 0.4) is 0 Å². The van der Waals surface area contributed by atoms with Crippen LogP contribution in [0.15, 0.2) is 65.2 Å². The topological polar surface area (TPSA) is 77.2 Å². The van der Waals surface area contributed by atoms with Gasteiger partial charge in [0.05, 0.1) is 28.9 Å². The van der Waals surface area contributed by atoms with Crippen molar-refractivity contribution in [3.05, 3.63) is 77.5 Å². The van der Waals surface area contributed by atoms with Gasteiger partial charge in [0, 0.05) is 18.0 Å². The summed E-state index contributed by atoms with van der Waals surface area (Å²) in [5.74, 6) is 0.992. The maximum Gasteiger partial charge on any atom is 0.259 e. The van der Waals surface area contributed by atoms with Gasteiger partial charge in [-0.2, -0.15) is 0 Å². The number of carbonyl (C=O) groups is 1. The molecule has 1 aliphatic heterocycles. The lowest BCUT2D eigenvalue weighted by Gasteiger charge is -2.25. The van der Waals surface area contributed by atoms with E-state index in [0.717, 1.165) is 17.7 Å². The van der Waals surface area contributed by atoms with Crippen LogP contribution < -0.4 is 10.1 Å². The molecule has 30 heavy (non-hydrogen) atoms. The molecule has 2 aromatic heterocycles. The van der Waals surface area contributed by atoms with Gasteiger partial charge in [-0.3, -0.25) is 4.79 Å². The highest BCUT2D eigenvalue weighted by atomic mass is 16.5. The number of para-hydroxylation sites is 1. The van der Waals surface area contributed by atoms with Crippen molar-refractivity contribution in [3.63, 3.8) is 0 Å². The average Bonchev–Trinajstić information content (AvgIpc) is 3.18. The fourth-order valence-electron chi connectivity index (χ4n) is 3.88. The Labute approximate surface area is 173 Å². The molecular formula is C24H21N3O3. The first-order valence-electron chi connectivity index (χ1n) is 10.0. The van der Waals surface area contributed by atoms with Crippen LogP contribution in [0.1, 0.15) is 21.6 Å². The summed E-state index contributed by atoms with van der Waals surface area (Å²) >= 11 is 0. The summed E-state index contributed by atoms with van der Waals surface area (Å²) < 4.78 is 11.2. The minimum atomic E-state index is -0.162. The van der Waals surface area contributed by atoms with E-state index in [0.29, 0.717) is 41.2 Å². The number of benzene rings is 2. The smallest absolute Gasteiger partial charge is 0.259 e. The number of rotatable bonds is 4. The first-order valence-corrected chi connectivity index (χ1v) is 10.0. The van der Waals surface area contributed by atoms with E-state index in [-0.39, 0.29) is 11.8 Å². The van der Waals surface area contributed by atoms with Gasteiger partial charge >= 0.3 is 0 Å². The number of nitrogens with one attached hydrogen (secondary N) is 1. The zero-order valence-electron chi connectivity index (χ0n) is 16.6. The van der Waals surface area contributed by atoms with E-state index >= 15 is 0 Å². The third-order valence-corrected chi connectivity index (χ3v) is 5.44. The fraction of sp³-hybridized carbons (Fsp3) is 0.208. The molecule has 1 unspecified atom stereocenters. The van der Waals surface area contributed by atoms with E-state index in [4.69, 9.17) is 9.26 Å². The van der Waals surface area contributed by atoms with Gasteiger partial charge in [-0.05, 0) is 31.0 Å². The summed E-state index contributed by atoms with van der Waals surface area (Å²) in [5.41, 5.74) is 4.32. The SMILES string of the molecule is Cc1noc2nc(-c3ccccc3)cc(C(=O)NCC3COc4ccccc4C3)c12. The van der Waals surface area contributed by atoms with Crippen LogP contribution in [0, 0.1) is 12.8 Å². The van der Waals surface area contributed by atoms with Crippen molar-refractivity contribution in [1.82, 2.24) is 15.5 Å². The molecule has 1 amide bonds. The quantitative estimate of drug-likeness (QED) is 0.557. The van der Waals surface area contributed by atoms with Crippen molar-refractivity contribution in [3.8, 4) is 17.0 Å². The highest BCUT2D eigenvalue weighted by Gasteiger charge is 2.23. The van der Waals surface area contributed by atoms with Gasteiger partial charge < -0.3 is 14.6 Å². The van der Waals surface area contributed by atoms with E-state index in [9.17, 15) is 4.79 Å². The van der Waals surface area contributed by atoms with Crippen molar-refractivity contribution in [2.45, 2.75) is 13.3 Å². The molecule has 1 atom stereocenters. The largest absolute Gasteiger partial charge is 0.493 e. The molecule has 2 aromatic carbocycles. The number of amides is 1. The molecule has 0 saturated carbocycles. The highest BCUT2D eigenvalue weighted by molar-refractivity contribution is 6.07. The summed E-state index contributed by atoms with van der Waals surface area (Å²) in [7, 11) is 0. The van der Waals surface area contributed by atoms with Crippen LogP contribution in [0.25, 0.3) is 22.4 Å². The van der Waals surface area contributed by atoms with Gasteiger partial charge in [0.1, 0.15) is 5.75 Å². The maximum absolute atomic E-state index is 13.1. The Hall–Kier alpha value is -3.67. The van der Waals surface area contributed by atoms with E-state index in [1.165, 1.54) is 5.56 Å². The van der Waals surface area contributed by atoms with Crippen LogP contribution in [0.5, 0.6) is 5.75 Å². The predicted octanol–water partition coefficient (Wildman–Crippen LogP) is 4.18. The number of carbonyl (C=O) groups excluding carboxylic acids is 1. The molecule has 6 nitrogen and oxygen atoms in total. The number of fused-ring (bicyclic) bond motifs is 2. The highest BCUT2D eigenvalue weighted by Crippen LogP contribution is 2.28. The molecule has 4 aromatic rings. The fourth-order valence-corrected chi connectivity index (χ4v) is 3.88. The Kier molecular flexibility index (Phi) is 4.67. The second-order valence-corrected chi connectivity index (χ2v) is 7.57. The first kappa shape index (κ1) is 18.4. The molecule has 0 radical (unpaired) electrons. The first-order chi connectivity index (χ1) is 14.7. The Morgan fingerprint density at radius 2 is 1.93 bits per heavy atom. The zero-order valence-corrected chi connectivity index (χ0v) is 16.6. The number of hydrogen-bond donors (Lipinski definition) is 1. The number of pyridine rings is 1. The molecule has 1 N–H and O–H groups in total. The van der Waals surface area contributed by atoms with Crippen molar-refractivity contribution in [2.75, 3.05) is 13.2 Å². The Morgan fingerprint density at radius 1 is 1.13 bits per heavy atom. The van der Waals surface area contributed by atoms with Gasteiger partial charge in [0.2, 0.25) is 0 Å². The minimum absolute atomic E-state index is 0.162. The number of nitrogens with zero attached hydrogens (tertiary/aromatic N) is 2. The molecule has 0 fully saturated rings. The number of hydrogen-bond acceptors (Lipinski definition) is 5. The third-order valence-electron chi connectivity index (χ3n) is 5.44. The molecule has 1 aliphatic rings. The van der Waals surface area contributed by atoms with Crippen LogP contribution in [-0.4, -0.2) is 29.2 Å². The molecular weight excluding hydrogens is 378 g/mol. The van der Waals surface area contributed by atoms with Crippen LogP contribution in [0.4, 0.5) is 0 Å². The van der Waals surface area contributed by atoms with E-state index < -0.39 is 0 Å². The minimum Gasteiger partial charge on any atom is -0.493 e. The van der Waals surface area contributed by atoms with Gasteiger partial charge in [-0.1, -0.05) is 53.7 Å². The van der Waals surface area contributed by atoms with E-state index in [2.05, 4.69) is 21.5 Å². The summed E-state index contributed by atoms with van der Waals surface area (Å²) in [5, 5.41) is 7.73. The van der Waals surface area contributed by atoms with Crippen LogP contribution in [0.2, 0.25) is 0 Å². The summed E-state index contributed by atoms with van der Waals surface area (Å²) in [6.45, 7) is 2.94. The molecule has 0 saturated heterocycles. The summed E-state index contributed by atoms with van der Waals surface area (Å²) in [6, 6.07) is 19.6. The third kappa shape index (κ3) is 3.41. The van der Waals surface area contributed by atoms with Gasteiger partial charge in [-0.15, -0.1) is 0 Å². The monoisotopic (exact) mass is 399 g/mol. The molecule has 150 valence electrons. The molecule has 0 bridgehead atoms. The molecule has 3 heterocycles. The number of aromatic nitrogens is 2. The lowest BCUT2D eigenvalue weighted by atomic mass is 9.96. The Balaban J connectivity index is 1.40. The number of ether oxygens (including phenoxy) is 1.